The third kappa shape index (κ3) is 1.68. The van der Waals surface area contributed by atoms with E-state index in [1.165, 1.54) is 0 Å². The minimum Gasteiger partial charge on any atom is -0.263 e. The first-order chi connectivity index (χ1) is 5.04. The third-order valence-electron chi connectivity index (χ3n) is 1.62. The summed E-state index contributed by atoms with van der Waals surface area (Å²) in [5.41, 5.74) is 1.07. The predicted octanol–water partition coefficient (Wildman–Crippen LogP) is 2.26. The van der Waals surface area contributed by atoms with Crippen molar-refractivity contribution in [2.45, 2.75) is 17.8 Å². The number of rotatable bonds is 1. The standard InChI is InChI=1S/C7H8BrNO2/c1-6-2-4-7(8,5-3-6)9(10)11/h2-4H,5H2,1H3. The molecule has 0 aromatic rings. The van der Waals surface area contributed by atoms with E-state index in [0.717, 1.165) is 5.57 Å². The lowest BCUT2D eigenvalue weighted by molar-refractivity contribution is -0.521. The van der Waals surface area contributed by atoms with Crippen LogP contribution in [0.5, 0.6) is 0 Å². The van der Waals surface area contributed by atoms with E-state index in [9.17, 15) is 10.1 Å². The Morgan fingerprint density at radius 1 is 1.82 bits per heavy atom. The largest absolute Gasteiger partial charge is 0.296 e. The Morgan fingerprint density at radius 3 is 2.82 bits per heavy atom. The van der Waals surface area contributed by atoms with E-state index in [4.69, 9.17) is 0 Å². The number of nitrogens with zero attached hydrogens (tertiary/aromatic N) is 1. The molecular formula is C7H8BrNO2. The molecule has 1 aliphatic rings. The van der Waals surface area contributed by atoms with E-state index in [0.29, 0.717) is 6.42 Å². The van der Waals surface area contributed by atoms with Crippen molar-refractivity contribution in [1.82, 2.24) is 0 Å². The minimum absolute atomic E-state index is 0.327. The van der Waals surface area contributed by atoms with E-state index in [1.807, 2.05) is 13.0 Å². The molecule has 4 heteroatoms. The summed E-state index contributed by atoms with van der Waals surface area (Å²) in [5, 5.41) is 10.5. The molecule has 1 atom stereocenters. The average molecular weight is 218 g/mol. The van der Waals surface area contributed by atoms with Crippen LogP contribution in [-0.4, -0.2) is 9.37 Å². The Hall–Kier alpha value is -0.640. The molecule has 11 heavy (non-hydrogen) atoms. The van der Waals surface area contributed by atoms with Crippen molar-refractivity contribution in [2.75, 3.05) is 0 Å². The molecular weight excluding hydrogens is 210 g/mol. The van der Waals surface area contributed by atoms with E-state index in [2.05, 4.69) is 15.9 Å². The highest BCUT2D eigenvalue weighted by molar-refractivity contribution is 9.10. The second-order valence-corrected chi connectivity index (χ2v) is 3.93. The third-order valence-corrected chi connectivity index (χ3v) is 2.49. The zero-order valence-electron chi connectivity index (χ0n) is 6.08. The highest BCUT2D eigenvalue weighted by atomic mass is 79.9. The van der Waals surface area contributed by atoms with Gasteiger partial charge in [0.15, 0.2) is 0 Å². The Morgan fingerprint density at radius 2 is 2.45 bits per heavy atom. The van der Waals surface area contributed by atoms with Crippen molar-refractivity contribution in [2.24, 2.45) is 0 Å². The predicted molar refractivity (Wildman–Crippen MR) is 46.2 cm³/mol. The first kappa shape index (κ1) is 8.46. The first-order valence-electron chi connectivity index (χ1n) is 3.24. The molecule has 0 radical (unpaired) electrons. The van der Waals surface area contributed by atoms with Gasteiger partial charge in [0.05, 0.1) is 6.42 Å². The molecule has 1 rings (SSSR count). The average Bonchev–Trinajstić information content (AvgIpc) is 1.95. The van der Waals surface area contributed by atoms with Crippen LogP contribution in [0.4, 0.5) is 0 Å². The molecule has 0 aromatic carbocycles. The number of halogens is 1. The van der Waals surface area contributed by atoms with Crippen LogP contribution in [0.25, 0.3) is 0 Å². The summed E-state index contributed by atoms with van der Waals surface area (Å²) in [7, 11) is 0. The normalized spacial score (nSPS) is 29.8. The van der Waals surface area contributed by atoms with Gasteiger partial charge in [-0.1, -0.05) is 17.7 Å². The van der Waals surface area contributed by atoms with Crippen molar-refractivity contribution in [3.05, 3.63) is 33.9 Å². The van der Waals surface area contributed by atoms with Crippen LogP contribution in [0.2, 0.25) is 0 Å². The van der Waals surface area contributed by atoms with E-state index in [-0.39, 0.29) is 4.92 Å². The maximum Gasteiger partial charge on any atom is 0.296 e. The van der Waals surface area contributed by atoms with Crippen molar-refractivity contribution < 1.29 is 4.92 Å². The lowest BCUT2D eigenvalue weighted by atomic mass is 10.1. The summed E-state index contributed by atoms with van der Waals surface area (Å²) >= 11 is 3.06. The Bertz CT molecular complexity index is 247. The minimum atomic E-state index is -1.06. The zero-order valence-corrected chi connectivity index (χ0v) is 7.67. The van der Waals surface area contributed by atoms with E-state index >= 15 is 0 Å². The fourth-order valence-corrected chi connectivity index (χ4v) is 1.13. The Kier molecular flexibility index (Phi) is 2.13. The quantitative estimate of drug-likeness (QED) is 0.293. The van der Waals surface area contributed by atoms with Crippen LogP contribution in [-0.2, 0) is 0 Å². The molecule has 0 saturated carbocycles. The molecule has 0 spiro atoms. The van der Waals surface area contributed by atoms with E-state index in [1.54, 1.807) is 12.2 Å². The van der Waals surface area contributed by atoms with Gasteiger partial charge in [0.2, 0.25) is 0 Å². The molecule has 0 saturated heterocycles. The van der Waals surface area contributed by atoms with Crippen LogP contribution in [0.15, 0.2) is 23.8 Å². The molecule has 60 valence electrons. The summed E-state index contributed by atoms with van der Waals surface area (Å²) in [6.45, 7) is 1.92. The van der Waals surface area contributed by atoms with Crippen LogP contribution in [0.1, 0.15) is 13.3 Å². The molecule has 0 amide bonds. The smallest absolute Gasteiger partial charge is 0.263 e. The highest BCUT2D eigenvalue weighted by Crippen LogP contribution is 2.29. The summed E-state index contributed by atoms with van der Waals surface area (Å²) in [6.07, 6.45) is 5.59. The van der Waals surface area contributed by atoms with Gasteiger partial charge in [-0.15, -0.1) is 0 Å². The molecule has 0 aromatic heterocycles. The SMILES string of the molecule is CC1=CCC(Br)([N+](=O)[O-])C=C1. The maximum atomic E-state index is 10.5. The molecule has 1 unspecified atom stereocenters. The van der Waals surface area contributed by atoms with Crippen molar-refractivity contribution >= 4 is 15.9 Å². The van der Waals surface area contributed by atoms with Gasteiger partial charge in [0.1, 0.15) is 0 Å². The van der Waals surface area contributed by atoms with Gasteiger partial charge >= 0.3 is 0 Å². The summed E-state index contributed by atoms with van der Waals surface area (Å²) in [6, 6.07) is 0. The Balaban J connectivity index is 2.82. The fraction of sp³-hybridized carbons (Fsp3) is 0.429. The van der Waals surface area contributed by atoms with Crippen molar-refractivity contribution in [3.8, 4) is 0 Å². The molecule has 0 heterocycles. The first-order valence-corrected chi connectivity index (χ1v) is 4.03. The van der Waals surface area contributed by atoms with Gasteiger partial charge < -0.3 is 0 Å². The zero-order chi connectivity index (χ0) is 8.48. The highest BCUT2D eigenvalue weighted by Gasteiger charge is 2.36. The molecule has 1 aliphatic carbocycles. The second-order valence-electron chi connectivity index (χ2n) is 2.56. The number of allylic oxidation sites excluding steroid dienone is 2. The fourth-order valence-electron chi connectivity index (χ4n) is 0.835. The number of nitro groups is 1. The summed E-state index contributed by atoms with van der Waals surface area (Å²) in [4.78, 5) is 10.1. The van der Waals surface area contributed by atoms with Crippen molar-refractivity contribution in [1.29, 1.82) is 0 Å². The topological polar surface area (TPSA) is 43.1 Å². The van der Waals surface area contributed by atoms with Gasteiger partial charge in [-0.3, -0.25) is 10.1 Å². The van der Waals surface area contributed by atoms with Gasteiger partial charge in [-0.25, -0.2) is 0 Å². The summed E-state index contributed by atoms with van der Waals surface area (Å²) in [5.74, 6) is 0. The monoisotopic (exact) mass is 217 g/mol. The number of hydrogen-bond acceptors (Lipinski definition) is 2. The lowest BCUT2D eigenvalue weighted by Crippen LogP contribution is -2.29. The summed E-state index contributed by atoms with van der Waals surface area (Å²) < 4.78 is -1.06. The number of hydrogen-bond donors (Lipinski definition) is 0. The second kappa shape index (κ2) is 2.77. The van der Waals surface area contributed by atoms with Crippen LogP contribution in [0.3, 0.4) is 0 Å². The lowest BCUT2D eigenvalue weighted by Gasteiger charge is -2.15. The van der Waals surface area contributed by atoms with Gasteiger partial charge in [-0.2, -0.15) is 0 Å². The van der Waals surface area contributed by atoms with Gasteiger partial charge in [0, 0.05) is 26.9 Å². The van der Waals surface area contributed by atoms with Crippen LogP contribution < -0.4 is 0 Å². The van der Waals surface area contributed by atoms with Crippen molar-refractivity contribution in [3.63, 3.8) is 0 Å². The Labute approximate surface area is 73.1 Å². The molecule has 0 fully saturated rings. The molecule has 0 aliphatic heterocycles. The maximum absolute atomic E-state index is 10.5. The molecule has 0 bridgehead atoms. The van der Waals surface area contributed by atoms with Gasteiger partial charge in [-0.05, 0) is 6.92 Å². The molecule has 0 N–H and O–H groups in total. The van der Waals surface area contributed by atoms with E-state index < -0.39 is 4.45 Å². The van der Waals surface area contributed by atoms with Crippen LogP contribution in [0, 0.1) is 10.1 Å². The van der Waals surface area contributed by atoms with Gasteiger partial charge in [0.25, 0.3) is 4.45 Å². The molecule has 3 nitrogen and oxygen atoms in total. The number of alkyl halides is 1. The van der Waals surface area contributed by atoms with Crippen LogP contribution >= 0.6 is 15.9 Å².